The second kappa shape index (κ2) is 15.6. The van der Waals surface area contributed by atoms with Crippen LogP contribution in [0.4, 0.5) is 23.1 Å². The average Bonchev–Trinajstić information content (AvgIpc) is 3.07. The van der Waals surface area contributed by atoms with Crippen LogP contribution in [-0.2, 0) is 14.6 Å². The van der Waals surface area contributed by atoms with Crippen molar-refractivity contribution in [2.75, 3.05) is 23.8 Å². The first-order valence-electron chi connectivity index (χ1n) is 17.2. The summed E-state index contributed by atoms with van der Waals surface area (Å²) >= 11 is 6.51. The van der Waals surface area contributed by atoms with Gasteiger partial charge in [0.25, 0.3) is 0 Å². The fourth-order valence-corrected chi connectivity index (χ4v) is 8.11. The molecule has 260 valence electrons. The molecule has 1 fully saturated rings. The highest BCUT2D eigenvalue weighted by Gasteiger charge is 2.35. The van der Waals surface area contributed by atoms with E-state index in [9.17, 15) is 8.42 Å². The van der Waals surface area contributed by atoms with Crippen LogP contribution >= 0.6 is 11.6 Å². The first-order chi connectivity index (χ1) is 22.9. The van der Waals surface area contributed by atoms with Crippen LogP contribution in [0, 0.1) is 6.92 Å². The van der Waals surface area contributed by atoms with Gasteiger partial charge in [-0.2, -0.15) is 4.98 Å². The summed E-state index contributed by atoms with van der Waals surface area (Å²) in [4.78, 5) is 12.0. The molecule has 0 aliphatic carbocycles. The molecule has 11 heteroatoms. The third-order valence-corrected chi connectivity index (χ3v) is 11.7. The lowest BCUT2D eigenvalue weighted by Crippen LogP contribution is -2.52. The van der Waals surface area contributed by atoms with Gasteiger partial charge in [-0.1, -0.05) is 43.7 Å². The molecule has 2 atom stereocenters. The molecule has 2 aliphatic heterocycles. The van der Waals surface area contributed by atoms with E-state index in [0.29, 0.717) is 35.5 Å². The number of benzene rings is 2. The Morgan fingerprint density at radius 2 is 1.77 bits per heavy atom. The molecule has 0 spiro atoms. The summed E-state index contributed by atoms with van der Waals surface area (Å²) in [5.41, 5.74) is 4.82. The van der Waals surface area contributed by atoms with E-state index in [4.69, 9.17) is 21.1 Å². The van der Waals surface area contributed by atoms with Gasteiger partial charge >= 0.3 is 0 Å². The molecule has 48 heavy (non-hydrogen) atoms. The maximum Gasteiger partial charge on any atom is 0.229 e. The number of rotatable bonds is 12. The zero-order valence-electron chi connectivity index (χ0n) is 29.2. The molecular weight excluding hydrogens is 646 g/mol. The summed E-state index contributed by atoms with van der Waals surface area (Å²) in [6.07, 6.45) is 9.25. The monoisotopic (exact) mass is 695 g/mol. The smallest absolute Gasteiger partial charge is 0.229 e. The molecular formula is C37H50ClN5O4S. The predicted octanol–water partition coefficient (Wildman–Crippen LogP) is 8.72. The Bertz CT molecular complexity index is 1720. The Hall–Kier alpha value is -3.18. The SMILES string of the molecule is CCC1C=C(c2cc(OC(C)C)c(Nc3ncc(Cl)c(Nc4ccccc4S(=O)(=O)C(C)C)n3)cc2C)CC(CC)N1C1CCOCC1. The summed E-state index contributed by atoms with van der Waals surface area (Å²) < 4.78 is 38.2. The number of hydrogen-bond donors (Lipinski definition) is 2. The van der Waals surface area contributed by atoms with Crippen LogP contribution in [0.5, 0.6) is 5.75 Å². The number of nitrogens with zero attached hydrogens (tertiary/aromatic N) is 3. The van der Waals surface area contributed by atoms with Gasteiger partial charge < -0.3 is 20.1 Å². The molecule has 2 aromatic carbocycles. The molecule has 0 saturated carbocycles. The minimum absolute atomic E-state index is 0.0556. The zero-order chi connectivity index (χ0) is 34.6. The van der Waals surface area contributed by atoms with Crippen molar-refractivity contribution in [3.05, 3.63) is 64.8 Å². The Kier molecular flexibility index (Phi) is 11.7. The lowest BCUT2D eigenvalue weighted by atomic mass is 9.84. The normalized spacial score (nSPS) is 19.4. The van der Waals surface area contributed by atoms with Crippen molar-refractivity contribution in [3.8, 4) is 5.75 Å². The summed E-state index contributed by atoms with van der Waals surface area (Å²) in [6, 6.07) is 12.4. The summed E-state index contributed by atoms with van der Waals surface area (Å²) in [7, 11) is -3.55. The maximum absolute atomic E-state index is 13.1. The van der Waals surface area contributed by atoms with Crippen LogP contribution in [0.1, 0.15) is 84.8 Å². The second-order valence-corrected chi connectivity index (χ2v) is 16.2. The Labute approximate surface area is 291 Å². The van der Waals surface area contributed by atoms with Crippen LogP contribution in [0.15, 0.2) is 53.6 Å². The third kappa shape index (κ3) is 7.99. The number of aryl methyl sites for hydroxylation is 1. The molecule has 1 aromatic heterocycles. The van der Waals surface area contributed by atoms with Gasteiger partial charge in [-0.15, -0.1) is 0 Å². The number of halogens is 1. The van der Waals surface area contributed by atoms with Crippen molar-refractivity contribution in [3.63, 3.8) is 0 Å². The first-order valence-corrected chi connectivity index (χ1v) is 19.1. The van der Waals surface area contributed by atoms with Crippen LogP contribution in [0.2, 0.25) is 5.02 Å². The van der Waals surface area contributed by atoms with Gasteiger partial charge in [-0.25, -0.2) is 13.4 Å². The van der Waals surface area contributed by atoms with Crippen molar-refractivity contribution in [1.82, 2.24) is 14.9 Å². The van der Waals surface area contributed by atoms with Gasteiger partial charge in [0, 0.05) is 31.3 Å². The minimum Gasteiger partial charge on any atom is -0.489 e. The molecule has 3 heterocycles. The van der Waals surface area contributed by atoms with Gasteiger partial charge in [-0.3, -0.25) is 4.90 Å². The largest absolute Gasteiger partial charge is 0.489 e. The number of nitrogens with one attached hydrogen (secondary N) is 2. The average molecular weight is 696 g/mol. The second-order valence-electron chi connectivity index (χ2n) is 13.3. The first kappa shape index (κ1) is 36.1. The Morgan fingerprint density at radius 3 is 2.44 bits per heavy atom. The zero-order valence-corrected chi connectivity index (χ0v) is 30.8. The molecule has 1 saturated heterocycles. The van der Waals surface area contributed by atoms with E-state index in [0.717, 1.165) is 56.6 Å². The van der Waals surface area contributed by atoms with Crippen LogP contribution in [0.25, 0.3) is 5.57 Å². The molecule has 5 rings (SSSR count). The molecule has 0 amide bonds. The number of anilines is 4. The van der Waals surface area contributed by atoms with Crippen LogP contribution in [-0.4, -0.2) is 66.0 Å². The highest BCUT2D eigenvalue weighted by Crippen LogP contribution is 2.40. The highest BCUT2D eigenvalue weighted by molar-refractivity contribution is 7.92. The minimum atomic E-state index is -3.55. The van der Waals surface area contributed by atoms with E-state index in [1.54, 1.807) is 38.1 Å². The molecule has 3 aromatic rings. The van der Waals surface area contributed by atoms with E-state index in [-0.39, 0.29) is 21.8 Å². The maximum atomic E-state index is 13.1. The Morgan fingerprint density at radius 1 is 1.04 bits per heavy atom. The number of aromatic nitrogens is 2. The van der Waals surface area contributed by atoms with Gasteiger partial charge in [0.15, 0.2) is 15.7 Å². The van der Waals surface area contributed by atoms with Crippen molar-refractivity contribution in [2.45, 2.75) is 115 Å². The number of ether oxygens (including phenoxy) is 2. The highest BCUT2D eigenvalue weighted by atomic mass is 35.5. The topological polar surface area (TPSA) is 106 Å². The van der Waals surface area contributed by atoms with Crippen molar-refractivity contribution in [1.29, 1.82) is 0 Å². The number of para-hydroxylation sites is 1. The molecule has 0 bridgehead atoms. The fourth-order valence-electron chi connectivity index (χ4n) is 6.77. The molecule has 2 N–H and O–H groups in total. The summed E-state index contributed by atoms with van der Waals surface area (Å²) in [6.45, 7) is 15.8. The summed E-state index contributed by atoms with van der Waals surface area (Å²) in [5.74, 6) is 1.30. The number of sulfone groups is 1. The standard InChI is InChI=1S/C37H50ClN5O4S/c1-8-27-19-26(20-28(9-2)43(27)29-14-16-46-17-15-29)30-21-34(47-23(3)4)33(18-25(30)7)41-37-39-22-31(38)36(42-37)40-32-12-10-11-13-35(32)48(44,45)24(5)6/h10-13,18-19,21-24,27-29H,8-9,14-17,20H2,1-7H3,(H2,39,40,41,42). The lowest BCUT2D eigenvalue weighted by molar-refractivity contribution is 0.000653. The van der Waals surface area contributed by atoms with Crippen molar-refractivity contribution < 1.29 is 17.9 Å². The summed E-state index contributed by atoms with van der Waals surface area (Å²) in [5, 5.41) is 6.16. The van der Waals surface area contributed by atoms with E-state index in [1.807, 2.05) is 13.8 Å². The molecule has 2 aliphatic rings. The molecule has 9 nitrogen and oxygen atoms in total. The van der Waals surface area contributed by atoms with Gasteiger partial charge in [0.05, 0.1) is 33.8 Å². The Balaban J connectivity index is 1.46. The van der Waals surface area contributed by atoms with Gasteiger partial charge in [-0.05, 0) is 108 Å². The van der Waals surface area contributed by atoms with E-state index >= 15 is 0 Å². The lowest BCUT2D eigenvalue weighted by Gasteiger charge is -2.47. The van der Waals surface area contributed by atoms with Gasteiger partial charge in [0.2, 0.25) is 5.95 Å². The third-order valence-electron chi connectivity index (χ3n) is 9.25. The quantitative estimate of drug-likeness (QED) is 0.192. The van der Waals surface area contributed by atoms with E-state index in [1.165, 1.54) is 17.3 Å². The van der Waals surface area contributed by atoms with E-state index in [2.05, 4.69) is 64.5 Å². The van der Waals surface area contributed by atoms with Gasteiger partial charge in [0.1, 0.15) is 10.8 Å². The fraction of sp³-hybridized carbons (Fsp3) is 0.514. The predicted molar refractivity (Wildman–Crippen MR) is 196 cm³/mol. The van der Waals surface area contributed by atoms with Crippen LogP contribution < -0.4 is 15.4 Å². The molecule has 2 unspecified atom stereocenters. The number of hydrogen-bond acceptors (Lipinski definition) is 9. The molecule has 0 radical (unpaired) electrons. The van der Waals surface area contributed by atoms with E-state index < -0.39 is 15.1 Å². The van der Waals surface area contributed by atoms with Crippen molar-refractivity contribution >= 4 is 50.2 Å². The van der Waals surface area contributed by atoms with Crippen LogP contribution in [0.3, 0.4) is 0 Å². The van der Waals surface area contributed by atoms with Crippen molar-refractivity contribution in [2.24, 2.45) is 0 Å².